The van der Waals surface area contributed by atoms with E-state index in [9.17, 15) is 9.59 Å². The number of carbonyl (C=O) groups excluding carboxylic acids is 1. The van der Waals surface area contributed by atoms with Gasteiger partial charge >= 0.3 is 0 Å². The molecule has 0 aliphatic rings. The van der Waals surface area contributed by atoms with Crippen LogP contribution in [0.2, 0.25) is 0 Å². The Morgan fingerprint density at radius 3 is 2.44 bits per heavy atom. The van der Waals surface area contributed by atoms with E-state index >= 15 is 0 Å². The number of fused-ring (bicyclic) bond motifs is 2. The smallest absolute Gasteiger partial charge is 0.252 e. The summed E-state index contributed by atoms with van der Waals surface area (Å²) in [6.07, 6.45) is 0. The molecule has 4 rings (SSSR count). The highest BCUT2D eigenvalue weighted by Crippen LogP contribution is 2.23. The number of hydrogen-bond acceptors (Lipinski definition) is 3. The number of para-hydroxylation sites is 3. The minimum atomic E-state index is -0.303. The van der Waals surface area contributed by atoms with E-state index in [2.05, 4.69) is 20.3 Å². The van der Waals surface area contributed by atoms with Crippen molar-refractivity contribution in [1.82, 2.24) is 20.3 Å². The lowest BCUT2D eigenvalue weighted by Crippen LogP contribution is -2.33. The molecule has 27 heavy (non-hydrogen) atoms. The molecule has 2 heterocycles. The number of nitrogens with one attached hydrogen (secondary N) is 3. The number of benzene rings is 2. The molecule has 0 radical (unpaired) electrons. The minimum absolute atomic E-state index is 0.114. The summed E-state index contributed by atoms with van der Waals surface area (Å²) < 4.78 is 0. The van der Waals surface area contributed by atoms with Gasteiger partial charge in [-0.05, 0) is 24.1 Å². The molecule has 0 aliphatic heterocycles. The Kier molecular flexibility index (Phi) is 4.24. The Labute approximate surface area is 155 Å². The molecule has 1 amide bonds. The molecule has 0 bridgehead atoms. The normalized spacial score (nSPS) is 12.6. The van der Waals surface area contributed by atoms with Gasteiger partial charge in [-0.3, -0.25) is 9.59 Å². The van der Waals surface area contributed by atoms with Crippen molar-refractivity contribution >= 4 is 27.8 Å². The maximum absolute atomic E-state index is 13.0. The zero-order chi connectivity index (χ0) is 19.0. The molecular formula is C21H20N4O2. The second kappa shape index (κ2) is 6.72. The first-order chi connectivity index (χ1) is 13.0. The number of pyridine rings is 1. The molecule has 6 nitrogen and oxygen atoms in total. The van der Waals surface area contributed by atoms with Crippen LogP contribution in [0.3, 0.4) is 0 Å². The second-order valence-corrected chi connectivity index (χ2v) is 6.93. The monoisotopic (exact) mass is 360 g/mol. The minimum Gasteiger partial charge on any atom is -0.342 e. The van der Waals surface area contributed by atoms with Crippen molar-refractivity contribution in [2.24, 2.45) is 5.92 Å². The molecule has 3 N–H and O–H groups in total. The van der Waals surface area contributed by atoms with Gasteiger partial charge in [0.1, 0.15) is 5.82 Å². The average Bonchev–Trinajstić information content (AvgIpc) is 3.08. The van der Waals surface area contributed by atoms with E-state index in [1.54, 1.807) is 6.07 Å². The summed E-state index contributed by atoms with van der Waals surface area (Å²) in [6, 6.07) is 16.1. The van der Waals surface area contributed by atoms with Crippen LogP contribution in [0.1, 0.15) is 36.1 Å². The van der Waals surface area contributed by atoms with Crippen LogP contribution in [0.5, 0.6) is 0 Å². The third kappa shape index (κ3) is 3.21. The molecule has 0 aliphatic carbocycles. The Hall–Kier alpha value is -3.41. The lowest BCUT2D eigenvalue weighted by molar-refractivity contribution is 0.0925. The van der Waals surface area contributed by atoms with Crippen LogP contribution in [-0.4, -0.2) is 20.9 Å². The predicted molar refractivity (Wildman–Crippen MR) is 106 cm³/mol. The van der Waals surface area contributed by atoms with Crippen LogP contribution < -0.4 is 10.9 Å². The molecule has 6 heteroatoms. The number of H-pyrrole nitrogens is 2. The van der Waals surface area contributed by atoms with E-state index in [1.807, 2.05) is 56.3 Å². The average molecular weight is 360 g/mol. The Bertz CT molecular complexity index is 1160. The van der Waals surface area contributed by atoms with Crippen LogP contribution in [-0.2, 0) is 0 Å². The maximum Gasteiger partial charge on any atom is 0.252 e. The number of aromatic nitrogens is 3. The van der Waals surface area contributed by atoms with Gasteiger partial charge < -0.3 is 15.3 Å². The molecule has 4 aromatic rings. The molecular weight excluding hydrogens is 340 g/mol. The standard InChI is InChI=1S/C21H20N4O2/c1-12(2)19(20-23-16-9-5-6-10-17(16)24-20)25-21(27)14-11-18(26)22-15-8-4-3-7-13(14)15/h3-12,19H,1-2H3,(H,22,26)(H,23,24)(H,25,27). The fraction of sp³-hybridized carbons (Fsp3) is 0.190. The van der Waals surface area contributed by atoms with Crippen molar-refractivity contribution in [2.45, 2.75) is 19.9 Å². The Balaban J connectivity index is 1.72. The number of amides is 1. The second-order valence-electron chi connectivity index (χ2n) is 6.93. The van der Waals surface area contributed by atoms with Gasteiger partial charge in [-0.1, -0.05) is 44.2 Å². The first-order valence-electron chi connectivity index (χ1n) is 8.90. The van der Waals surface area contributed by atoms with Crippen LogP contribution in [0.4, 0.5) is 0 Å². The maximum atomic E-state index is 13.0. The zero-order valence-electron chi connectivity index (χ0n) is 15.1. The van der Waals surface area contributed by atoms with E-state index in [0.29, 0.717) is 22.3 Å². The van der Waals surface area contributed by atoms with E-state index in [0.717, 1.165) is 11.0 Å². The van der Waals surface area contributed by atoms with Crippen LogP contribution in [0, 0.1) is 5.92 Å². The number of rotatable bonds is 4. The molecule has 0 spiro atoms. The summed E-state index contributed by atoms with van der Waals surface area (Å²) in [6.45, 7) is 4.04. The van der Waals surface area contributed by atoms with Crippen molar-refractivity contribution < 1.29 is 4.79 Å². The number of nitrogens with zero attached hydrogens (tertiary/aromatic N) is 1. The Morgan fingerprint density at radius 2 is 1.70 bits per heavy atom. The van der Waals surface area contributed by atoms with Crippen LogP contribution >= 0.6 is 0 Å². The van der Waals surface area contributed by atoms with Gasteiger partial charge in [0.25, 0.3) is 5.91 Å². The van der Waals surface area contributed by atoms with Gasteiger partial charge in [0.15, 0.2) is 0 Å². The van der Waals surface area contributed by atoms with Gasteiger partial charge in [-0.2, -0.15) is 0 Å². The van der Waals surface area contributed by atoms with Crippen molar-refractivity contribution in [3.8, 4) is 0 Å². The fourth-order valence-electron chi connectivity index (χ4n) is 3.28. The highest BCUT2D eigenvalue weighted by molar-refractivity contribution is 6.06. The van der Waals surface area contributed by atoms with Gasteiger partial charge in [-0.15, -0.1) is 0 Å². The summed E-state index contributed by atoms with van der Waals surface area (Å²) in [4.78, 5) is 35.6. The summed E-state index contributed by atoms with van der Waals surface area (Å²) >= 11 is 0. The van der Waals surface area contributed by atoms with Crippen LogP contribution in [0.25, 0.3) is 21.9 Å². The lowest BCUT2D eigenvalue weighted by Gasteiger charge is -2.20. The molecule has 1 unspecified atom stereocenters. The molecule has 0 saturated carbocycles. The first-order valence-corrected chi connectivity index (χ1v) is 8.90. The molecule has 136 valence electrons. The third-order valence-corrected chi connectivity index (χ3v) is 4.65. The molecule has 2 aromatic carbocycles. The third-order valence-electron chi connectivity index (χ3n) is 4.65. The highest BCUT2D eigenvalue weighted by Gasteiger charge is 2.23. The van der Waals surface area contributed by atoms with E-state index < -0.39 is 0 Å². The van der Waals surface area contributed by atoms with E-state index in [-0.39, 0.29) is 23.4 Å². The van der Waals surface area contributed by atoms with Crippen molar-refractivity contribution in [1.29, 1.82) is 0 Å². The quantitative estimate of drug-likeness (QED) is 0.520. The summed E-state index contributed by atoms with van der Waals surface area (Å²) in [5.74, 6) is 0.521. The topological polar surface area (TPSA) is 90.6 Å². The van der Waals surface area contributed by atoms with E-state index in [1.165, 1.54) is 6.07 Å². The van der Waals surface area contributed by atoms with Gasteiger partial charge in [-0.25, -0.2) is 4.98 Å². The van der Waals surface area contributed by atoms with Crippen molar-refractivity contribution in [3.05, 3.63) is 76.3 Å². The largest absolute Gasteiger partial charge is 0.342 e. The molecule has 0 saturated heterocycles. The SMILES string of the molecule is CC(C)C(NC(=O)c1cc(=O)[nH]c2ccccc12)c1nc2ccccc2[nH]1. The zero-order valence-corrected chi connectivity index (χ0v) is 15.1. The van der Waals surface area contributed by atoms with Gasteiger partial charge in [0.2, 0.25) is 5.56 Å². The number of aromatic amines is 2. The number of imidazole rings is 1. The van der Waals surface area contributed by atoms with E-state index in [4.69, 9.17) is 0 Å². The molecule has 2 aromatic heterocycles. The highest BCUT2D eigenvalue weighted by atomic mass is 16.2. The molecule has 1 atom stereocenters. The van der Waals surface area contributed by atoms with Gasteiger partial charge in [0, 0.05) is 17.0 Å². The fourth-order valence-corrected chi connectivity index (χ4v) is 3.28. The lowest BCUT2D eigenvalue weighted by atomic mass is 10.0. The number of carbonyl (C=O) groups is 1. The van der Waals surface area contributed by atoms with Crippen LogP contribution in [0.15, 0.2) is 59.4 Å². The molecule has 0 fully saturated rings. The summed E-state index contributed by atoms with van der Waals surface area (Å²) in [5.41, 5.74) is 2.47. The predicted octanol–water partition coefficient (Wildman–Crippen LogP) is 3.53. The van der Waals surface area contributed by atoms with Gasteiger partial charge in [0.05, 0.1) is 22.6 Å². The number of hydrogen-bond donors (Lipinski definition) is 3. The first kappa shape index (κ1) is 17.0. The van der Waals surface area contributed by atoms with Crippen molar-refractivity contribution in [2.75, 3.05) is 0 Å². The summed E-state index contributed by atoms with van der Waals surface area (Å²) in [7, 11) is 0. The van der Waals surface area contributed by atoms with Crippen molar-refractivity contribution in [3.63, 3.8) is 0 Å². The Morgan fingerprint density at radius 1 is 1.00 bits per heavy atom. The summed E-state index contributed by atoms with van der Waals surface area (Å²) in [5, 5.41) is 3.75.